The van der Waals surface area contributed by atoms with Crippen LogP contribution < -0.4 is 16.0 Å². The highest BCUT2D eigenvalue weighted by Crippen LogP contribution is 2.23. The molecule has 4 heteroatoms. The van der Waals surface area contributed by atoms with E-state index in [1.807, 2.05) is 31.2 Å². The fourth-order valence-electron chi connectivity index (χ4n) is 2.24. The van der Waals surface area contributed by atoms with E-state index in [9.17, 15) is 4.39 Å². The number of rotatable bonds is 5. The summed E-state index contributed by atoms with van der Waals surface area (Å²) in [6.07, 6.45) is 0.690. The number of aryl methyl sites for hydroxylation is 1. The molecule has 0 heterocycles. The Kier molecular flexibility index (Phi) is 4.71. The zero-order chi connectivity index (χ0) is 14.5. The topological polar surface area (TPSA) is 47.3 Å². The summed E-state index contributed by atoms with van der Waals surface area (Å²) < 4.78 is 18.4. The first-order valence-electron chi connectivity index (χ1n) is 6.49. The van der Waals surface area contributed by atoms with E-state index < -0.39 is 0 Å². The van der Waals surface area contributed by atoms with Crippen LogP contribution in [0.2, 0.25) is 0 Å². The van der Waals surface area contributed by atoms with Crippen LogP contribution in [0.1, 0.15) is 22.7 Å². The van der Waals surface area contributed by atoms with E-state index in [-0.39, 0.29) is 11.9 Å². The Morgan fingerprint density at radius 2 is 2.05 bits per heavy atom. The van der Waals surface area contributed by atoms with Crippen molar-refractivity contribution in [3.05, 3.63) is 65.0 Å². The summed E-state index contributed by atoms with van der Waals surface area (Å²) in [6, 6.07) is 12.5. The molecule has 0 fully saturated rings. The summed E-state index contributed by atoms with van der Waals surface area (Å²) in [6.45, 7) is 1.90. The van der Waals surface area contributed by atoms with Crippen LogP contribution in [0.3, 0.4) is 0 Å². The lowest BCUT2D eigenvalue weighted by molar-refractivity contribution is 0.413. The molecule has 2 aromatic rings. The molecule has 0 saturated heterocycles. The highest BCUT2D eigenvalue weighted by atomic mass is 19.1. The Morgan fingerprint density at radius 3 is 2.70 bits per heavy atom. The lowest BCUT2D eigenvalue weighted by Gasteiger charge is -2.18. The van der Waals surface area contributed by atoms with E-state index in [0.29, 0.717) is 6.42 Å². The minimum atomic E-state index is -0.218. The molecule has 0 aromatic heterocycles. The zero-order valence-corrected chi connectivity index (χ0v) is 11.7. The molecule has 0 aliphatic rings. The molecule has 3 nitrogen and oxygen atoms in total. The molecule has 0 radical (unpaired) electrons. The molecular formula is C16H19FN2O. The first kappa shape index (κ1) is 14.5. The number of hydrogen-bond donors (Lipinski definition) is 2. The Bertz CT molecular complexity index is 586. The Morgan fingerprint density at radius 1 is 1.25 bits per heavy atom. The van der Waals surface area contributed by atoms with Gasteiger partial charge in [-0.15, -0.1) is 0 Å². The fraction of sp³-hybridized carbons (Fsp3) is 0.250. The molecule has 1 atom stereocenters. The average molecular weight is 274 g/mol. The first-order chi connectivity index (χ1) is 9.63. The van der Waals surface area contributed by atoms with Crippen LogP contribution in [0.4, 0.5) is 4.39 Å². The molecule has 0 saturated carbocycles. The summed E-state index contributed by atoms with van der Waals surface area (Å²) in [5, 5.41) is 0. The monoisotopic (exact) mass is 274 g/mol. The third-order valence-corrected chi connectivity index (χ3v) is 3.43. The van der Waals surface area contributed by atoms with Gasteiger partial charge in [-0.3, -0.25) is 11.3 Å². The summed E-state index contributed by atoms with van der Waals surface area (Å²) in [7, 11) is 1.63. The Labute approximate surface area is 118 Å². The second kappa shape index (κ2) is 6.50. The number of methoxy groups -OCH3 is 1. The van der Waals surface area contributed by atoms with E-state index in [1.54, 1.807) is 13.2 Å². The maximum absolute atomic E-state index is 13.1. The molecule has 0 spiro atoms. The van der Waals surface area contributed by atoms with Gasteiger partial charge in [0.05, 0.1) is 13.2 Å². The van der Waals surface area contributed by atoms with Gasteiger partial charge in [-0.05, 0) is 54.3 Å². The van der Waals surface area contributed by atoms with Crippen molar-refractivity contribution < 1.29 is 9.13 Å². The third kappa shape index (κ3) is 3.35. The molecule has 0 amide bonds. The third-order valence-electron chi connectivity index (χ3n) is 3.43. The van der Waals surface area contributed by atoms with Gasteiger partial charge < -0.3 is 4.74 Å². The number of nitrogens with one attached hydrogen (secondary N) is 1. The molecule has 0 aliphatic heterocycles. The zero-order valence-electron chi connectivity index (χ0n) is 11.7. The SMILES string of the molecule is COc1cccc(C(Cc2ccc(F)cc2C)NN)c1. The second-order valence-corrected chi connectivity index (χ2v) is 4.77. The first-order valence-corrected chi connectivity index (χ1v) is 6.49. The number of hydrazine groups is 1. The van der Waals surface area contributed by atoms with Crippen LogP contribution in [0.15, 0.2) is 42.5 Å². The maximum Gasteiger partial charge on any atom is 0.123 e. The molecule has 2 aromatic carbocycles. The lowest BCUT2D eigenvalue weighted by atomic mass is 9.96. The van der Waals surface area contributed by atoms with Crippen LogP contribution in [0.5, 0.6) is 5.75 Å². The van der Waals surface area contributed by atoms with E-state index in [4.69, 9.17) is 10.6 Å². The van der Waals surface area contributed by atoms with Crippen LogP contribution >= 0.6 is 0 Å². The van der Waals surface area contributed by atoms with Gasteiger partial charge in [0.1, 0.15) is 11.6 Å². The number of benzene rings is 2. The summed E-state index contributed by atoms with van der Waals surface area (Å²) in [4.78, 5) is 0. The van der Waals surface area contributed by atoms with Crippen LogP contribution in [-0.4, -0.2) is 7.11 Å². The van der Waals surface area contributed by atoms with E-state index in [1.165, 1.54) is 12.1 Å². The normalized spacial score (nSPS) is 12.2. The number of nitrogens with two attached hydrogens (primary N) is 1. The molecule has 3 N–H and O–H groups in total. The number of halogens is 1. The Balaban J connectivity index is 2.23. The molecule has 0 aliphatic carbocycles. The van der Waals surface area contributed by atoms with Crippen LogP contribution in [0.25, 0.3) is 0 Å². The van der Waals surface area contributed by atoms with Crippen molar-refractivity contribution in [2.24, 2.45) is 5.84 Å². The average Bonchev–Trinajstić information content (AvgIpc) is 2.46. The van der Waals surface area contributed by atoms with Crippen molar-refractivity contribution in [1.29, 1.82) is 0 Å². The van der Waals surface area contributed by atoms with Gasteiger partial charge in [-0.1, -0.05) is 18.2 Å². The summed E-state index contributed by atoms with van der Waals surface area (Å²) in [5.74, 6) is 6.23. The summed E-state index contributed by atoms with van der Waals surface area (Å²) >= 11 is 0. The van der Waals surface area contributed by atoms with Crippen molar-refractivity contribution in [2.75, 3.05) is 7.11 Å². The Hall–Kier alpha value is -1.91. The maximum atomic E-state index is 13.1. The molecule has 0 bridgehead atoms. The minimum Gasteiger partial charge on any atom is -0.497 e. The van der Waals surface area contributed by atoms with E-state index >= 15 is 0 Å². The quantitative estimate of drug-likeness (QED) is 0.651. The minimum absolute atomic E-state index is 0.0470. The van der Waals surface area contributed by atoms with Crippen molar-refractivity contribution in [2.45, 2.75) is 19.4 Å². The van der Waals surface area contributed by atoms with E-state index in [0.717, 1.165) is 22.4 Å². The van der Waals surface area contributed by atoms with Crippen molar-refractivity contribution in [3.8, 4) is 5.75 Å². The van der Waals surface area contributed by atoms with Gasteiger partial charge in [-0.2, -0.15) is 0 Å². The van der Waals surface area contributed by atoms with Crippen molar-refractivity contribution in [3.63, 3.8) is 0 Å². The predicted molar refractivity (Wildman–Crippen MR) is 77.9 cm³/mol. The fourth-order valence-corrected chi connectivity index (χ4v) is 2.24. The van der Waals surface area contributed by atoms with Crippen LogP contribution in [0, 0.1) is 12.7 Å². The highest BCUT2D eigenvalue weighted by Gasteiger charge is 2.13. The van der Waals surface area contributed by atoms with E-state index in [2.05, 4.69) is 5.43 Å². The van der Waals surface area contributed by atoms with Gasteiger partial charge in [0.25, 0.3) is 0 Å². The lowest BCUT2D eigenvalue weighted by Crippen LogP contribution is -2.29. The van der Waals surface area contributed by atoms with Gasteiger partial charge in [0, 0.05) is 0 Å². The molecular weight excluding hydrogens is 255 g/mol. The molecule has 2 rings (SSSR count). The smallest absolute Gasteiger partial charge is 0.123 e. The highest BCUT2D eigenvalue weighted by molar-refractivity contribution is 5.33. The standard InChI is InChI=1S/C16H19FN2O/c1-11-8-14(17)7-6-12(11)10-16(19-18)13-4-3-5-15(9-13)20-2/h3-9,16,19H,10,18H2,1-2H3. The largest absolute Gasteiger partial charge is 0.497 e. The van der Waals surface area contributed by atoms with Gasteiger partial charge >= 0.3 is 0 Å². The predicted octanol–water partition coefficient (Wildman–Crippen LogP) is 2.89. The van der Waals surface area contributed by atoms with Crippen molar-refractivity contribution in [1.82, 2.24) is 5.43 Å². The summed E-state index contributed by atoms with van der Waals surface area (Å²) in [5.41, 5.74) is 5.84. The van der Waals surface area contributed by atoms with Gasteiger partial charge in [0.15, 0.2) is 0 Å². The molecule has 1 unspecified atom stereocenters. The van der Waals surface area contributed by atoms with Gasteiger partial charge in [-0.25, -0.2) is 4.39 Å². The second-order valence-electron chi connectivity index (χ2n) is 4.77. The number of ether oxygens (including phenoxy) is 1. The van der Waals surface area contributed by atoms with Gasteiger partial charge in [0.2, 0.25) is 0 Å². The molecule has 106 valence electrons. The number of hydrogen-bond acceptors (Lipinski definition) is 3. The molecule has 20 heavy (non-hydrogen) atoms. The van der Waals surface area contributed by atoms with Crippen LogP contribution in [-0.2, 0) is 6.42 Å². The van der Waals surface area contributed by atoms with Crippen molar-refractivity contribution >= 4 is 0 Å².